The molecular formula is C23H23F5N4O4. The largest absolute Gasteiger partial charge is 0.490 e. The van der Waals surface area contributed by atoms with Gasteiger partial charge in [-0.05, 0) is 37.1 Å². The normalized spacial score (nSPS) is 14.8. The topological polar surface area (TPSA) is 130 Å². The van der Waals surface area contributed by atoms with Crippen LogP contribution in [0.4, 0.5) is 27.6 Å². The van der Waals surface area contributed by atoms with Crippen molar-refractivity contribution >= 4 is 28.5 Å². The molecule has 1 aromatic heterocycles. The van der Waals surface area contributed by atoms with Gasteiger partial charge in [-0.15, -0.1) is 0 Å². The maximum Gasteiger partial charge on any atom is 0.490 e. The highest BCUT2D eigenvalue weighted by Crippen LogP contribution is 2.38. The van der Waals surface area contributed by atoms with Crippen molar-refractivity contribution in [3.05, 3.63) is 53.7 Å². The number of fused-ring (bicyclic) bond motifs is 1. The first kappa shape index (κ1) is 26.9. The molecule has 13 heteroatoms. The van der Waals surface area contributed by atoms with Crippen LogP contribution < -0.4 is 11.1 Å². The summed E-state index contributed by atoms with van der Waals surface area (Å²) in [5, 5.41) is 24.6. The molecule has 0 atom stereocenters. The van der Waals surface area contributed by atoms with Gasteiger partial charge in [0.25, 0.3) is 5.91 Å². The SMILES string of the molecule is NC(=O)c1cc(F)cc2cn(-c3ccc(NCC4(CO)CCCC4)c(F)c3)nc12.O=C(O)C(F)(F)F. The molecular weight excluding hydrogens is 491 g/mol. The molecule has 8 nitrogen and oxygen atoms in total. The Hall–Kier alpha value is -3.74. The van der Waals surface area contributed by atoms with Gasteiger partial charge in [-0.25, -0.2) is 18.3 Å². The molecule has 194 valence electrons. The number of hydrogen-bond acceptors (Lipinski definition) is 5. The molecule has 36 heavy (non-hydrogen) atoms. The number of benzene rings is 2. The summed E-state index contributed by atoms with van der Waals surface area (Å²) in [4.78, 5) is 20.5. The summed E-state index contributed by atoms with van der Waals surface area (Å²) < 4.78 is 61.5. The third-order valence-electron chi connectivity index (χ3n) is 5.95. The first-order valence-electron chi connectivity index (χ1n) is 10.8. The van der Waals surface area contributed by atoms with Gasteiger partial charge in [0.1, 0.15) is 17.2 Å². The Morgan fingerprint density at radius 2 is 1.78 bits per heavy atom. The predicted octanol–water partition coefficient (Wildman–Crippen LogP) is 4.00. The van der Waals surface area contributed by atoms with Gasteiger partial charge < -0.3 is 21.3 Å². The summed E-state index contributed by atoms with van der Waals surface area (Å²) in [5.41, 5.74) is 6.12. The number of carboxylic acids is 1. The molecule has 0 radical (unpaired) electrons. The van der Waals surface area contributed by atoms with Gasteiger partial charge in [-0.1, -0.05) is 12.8 Å². The third kappa shape index (κ3) is 6.08. The van der Waals surface area contributed by atoms with E-state index in [0.29, 0.717) is 23.3 Å². The molecule has 3 aromatic rings. The van der Waals surface area contributed by atoms with Crippen molar-refractivity contribution in [2.24, 2.45) is 11.1 Å². The molecule has 1 saturated carbocycles. The van der Waals surface area contributed by atoms with Crippen LogP contribution in [-0.2, 0) is 4.79 Å². The molecule has 0 spiro atoms. The van der Waals surface area contributed by atoms with Gasteiger partial charge in [-0.2, -0.15) is 18.3 Å². The molecule has 1 heterocycles. The highest BCUT2D eigenvalue weighted by molar-refractivity contribution is 6.04. The lowest BCUT2D eigenvalue weighted by Gasteiger charge is -2.27. The number of nitrogens with zero attached hydrogens (tertiary/aromatic N) is 2. The van der Waals surface area contributed by atoms with E-state index in [0.717, 1.165) is 31.7 Å². The number of carbonyl (C=O) groups excluding carboxylic acids is 1. The molecule has 0 bridgehead atoms. The number of hydrogen-bond donors (Lipinski definition) is 4. The molecule has 2 aromatic carbocycles. The minimum absolute atomic E-state index is 0.0247. The van der Waals surface area contributed by atoms with E-state index in [9.17, 15) is 31.9 Å². The van der Waals surface area contributed by atoms with Crippen LogP contribution in [0.25, 0.3) is 16.6 Å². The Labute approximate surface area is 201 Å². The van der Waals surface area contributed by atoms with Crippen LogP contribution in [0.3, 0.4) is 0 Å². The number of aliphatic hydroxyl groups is 1. The van der Waals surface area contributed by atoms with Crippen molar-refractivity contribution < 1.29 is 41.8 Å². The Balaban J connectivity index is 0.000000454. The maximum absolute atomic E-state index is 14.7. The van der Waals surface area contributed by atoms with E-state index in [1.807, 2.05) is 0 Å². The number of amides is 1. The Morgan fingerprint density at radius 1 is 1.14 bits per heavy atom. The number of carbonyl (C=O) groups is 2. The summed E-state index contributed by atoms with van der Waals surface area (Å²) in [6.45, 7) is 0.588. The molecule has 1 fully saturated rings. The summed E-state index contributed by atoms with van der Waals surface area (Å²) in [6.07, 6.45) is 0.435. The molecule has 0 unspecified atom stereocenters. The molecule has 1 amide bonds. The molecule has 1 aliphatic rings. The minimum atomic E-state index is -5.08. The fourth-order valence-corrected chi connectivity index (χ4v) is 4.01. The van der Waals surface area contributed by atoms with Gasteiger partial charge in [0.05, 0.1) is 23.5 Å². The highest BCUT2D eigenvalue weighted by Gasteiger charge is 2.38. The van der Waals surface area contributed by atoms with Crippen molar-refractivity contribution in [3.63, 3.8) is 0 Å². The van der Waals surface area contributed by atoms with E-state index < -0.39 is 29.7 Å². The Bertz CT molecular complexity index is 1270. The molecule has 0 saturated heterocycles. The van der Waals surface area contributed by atoms with Crippen LogP contribution in [0.15, 0.2) is 36.5 Å². The zero-order valence-corrected chi connectivity index (χ0v) is 18.8. The average molecular weight is 514 g/mol. The standard InChI is InChI=1S/C21H22F2N4O2.C2HF3O2/c22-14-7-13-10-27(26-19(13)16(8-14)20(24)29)15-3-4-18(17(23)9-15)25-11-21(12-28)5-1-2-6-21;3-2(4,5)1(6)7/h3-4,7-10,25,28H,1-2,5-6,11-12H2,(H2,24,29);(H,6,7). The Kier molecular flexibility index (Phi) is 7.82. The van der Waals surface area contributed by atoms with Crippen molar-refractivity contribution in [1.29, 1.82) is 0 Å². The van der Waals surface area contributed by atoms with E-state index >= 15 is 0 Å². The van der Waals surface area contributed by atoms with Crippen LogP contribution >= 0.6 is 0 Å². The zero-order valence-electron chi connectivity index (χ0n) is 18.8. The summed E-state index contributed by atoms with van der Waals surface area (Å²) in [7, 11) is 0. The molecule has 0 aliphatic heterocycles. The number of anilines is 1. The van der Waals surface area contributed by atoms with Crippen LogP contribution in [0, 0.1) is 17.0 Å². The number of nitrogens with two attached hydrogens (primary N) is 1. The van der Waals surface area contributed by atoms with Gasteiger partial charge in [-0.3, -0.25) is 4.79 Å². The van der Waals surface area contributed by atoms with Crippen LogP contribution in [0.2, 0.25) is 0 Å². The van der Waals surface area contributed by atoms with E-state index in [1.165, 1.54) is 23.0 Å². The molecule has 4 rings (SSSR count). The lowest BCUT2D eigenvalue weighted by Crippen LogP contribution is -2.30. The van der Waals surface area contributed by atoms with Crippen molar-refractivity contribution in [2.75, 3.05) is 18.5 Å². The van der Waals surface area contributed by atoms with E-state index in [4.69, 9.17) is 15.6 Å². The number of alkyl halides is 3. The van der Waals surface area contributed by atoms with Gasteiger partial charge >= 0.3 is 12.1 Å². The number of aliphatic carboxylic acids is 1. The second-order valence-corrected chi connectivity index (χ2v) is 8.51. The van der Waals surface area contributed by atoms with E-state index in [2.05, 4.69) is 10.4 Å². The quantitative estimate of drug-likeness (QED) is 0.368. The number of nitrogens with one attached hydrogen (secondary N) is 1. The van der Waals surface area contributed by atoms with Gasteiger partial charge in [0, 0.05) is 29.6 Å². The van der Waals surface area contributed by atoms with Gasteiger partial charge in [0.2, 0.25) is 0 Å². The van der Waals surface area contributed by atoms with Crippen LogP contribution in [-0.4, -0.2) is 51.2 Å². The fraction of sp³-hybridized carbons (Fsp3) is 0.348. The third-order valence-corrected chi connectivity index (χ3v) is 5.95. The number of primary amides is 1. The first-order valence-corrected chi connectivity index (χ1v) is 10.8. The van der Waals surface area contributed by atoms with E-state index in [-0.39, 0.29) is 23.1 Å². The first-order chi connectivity index (χ1) is 16.8. The minimum Gasteiger partial charge on any atom is -0.475 e. The van der Waals surface area contributed by atoms with E-state index in [1.54, 1.807) is 12.1 Å². The average Bonchev–Trinajstić information content (AvgIpc) is 3.45. The number of aromatic nitrogens is 2. The predicted molar refractivity (Wildman–Crippen MR) is 120 cm³/mol. The fourth-order valence-electron chi connectivity index (χ4n) is 4.01. The second-order valence-electron chi connectivity index (χ2n) is 8.51. The number of rotatable bonds is 6. The summed E-state index contributed by atoms with van der Waals surface area (Å²) in [6, 6.07) is 6.88. The van der Waals surface area contributed by atoms with Gasteiger partial charge in [0.15, 0.2) is 0 Å². The summed E-state index contributed by atoms with van der Waals surface area (Å²) >= 11 is 0. The van der Waals surface area contributed by atoms with Crippen LogP contribution in [0.5, 0.6) is 0 Å². The number of halogens is 5. The lowest BCUT2D eigenvalue weighted by atomic mass is 9.87. The maximum atomic E-state index is 14.7. The summed E-state index contributed by atoms with van der Waals surface area (Å²) in [5.74, 6) is -4.60. The lowest BCUT2D eigenvalue weighted by molar-refractivity contribution is -0.192. The Morgan fingerprint density at radius 3 is 2.31 bits per heavy atom. The monoisotopic (exact) mass is 514 g/mol. The molecule has 1 aliphatic carbocycles. The second kappa shape index (κ2) is 10.5. The number of aliphatic hydroxyl groups excluding tert-OH is 1. The number of carboxylic acid groups (broad SMARTS) is 1. The zero-order chi connectivity index (χ0) is 26.7. The van der Waals surface area contributed by atoms with Crippen molar-refractivity contribution in [3.8, 4) is 5.69 Å². The van der Waals surface area contributed by atoms with Crippen molar-refractivity contribution in [1.82, 2.24) is 9.78 Å². The molecule has 5 N–H and O–H groups in total. The smallest absolute Gasteiger partial charge is 0.475 e. The van der Waals surface area contributed by atoms with Crippen LogP contribution in [0.1, 0.15) is 36.0 Å². The van der Waals surface area contributed by atoms with Crippen molar-refractivity contribution in [2.45, 2.75) is 31.9 Å². The highest BCUT2D eigenvalue weighted by atomic mass is 19.4.